The average Bonchev–Trinajstić information content (AvgIpc) is 2.99. The molecule has 0 aliphatic rings. The first kappa shape index (κ1) is 18.8. The first-order valence-electron chi connectivity index (χ1n) is 8.40. The number of carbonyl (C=O) groups is 1. The summed E-state index contributed by atoms with van der Waals surface area (Å²) in [4.78, 5) is 16.5. The Morgan fingerprint density at radius 2 is 2.19 bits per heavy atom. The molecule has 3 aromatic rings. The number of carbonyl (C=O) groups excluding carboxylic acids is 1. The largest absolute Gasteiger partial charge is 0.504 e. The van der Waals surface area contributed by atoms with Gasteiger partial charge in [-0.1, -0.05) is 23.9 Å². The van der Waals surface area contributed by atoms with Crippen LogP contribution in [0.5, 0.6) is 11.5 Å². The highest BCUT2D eigenvalue weighted by Crippen LogP contribution is 2.26. The van der Waals surface area contributed by atoms with Crippen LogP contribution in [0, 0.1) is 0 Å². The summed E-state index contributed by atoms with van der Waals surface area (Å²) >= 11 is 1.35. The lowest BCUT2D eigenvalue weighted by Gasteiger charge is -2.06. The maximum Gasteiger partial charge on any atom is 0.250 e. The number of aromatic nitrogens is 2. The molecule has 2 aromatic carbocycles. The minimum atomic E-state index is -0.230. The molecule has 0 unspecified atom stereocenters. The Balaban J connectivity index is 1.55. The highest BCUT2D eigenvalue weighted by atomic mass is 32.2. The quantitative estimate of drug-likeness (QED) is 0.371. The molecule has 8 heteroatoms. The van der Waals surface area contributed by atoms with Crippen molar-refractivity contribution >= 4 is 34.9 Å². The van der Waals surface area contributed by atoms with Crippen molar-refractivity contribution in [2.24, 2.45) is 12.1 Å². The van der Waals surface area contributed by atoms with Crippen LogP contribution in [0.4, 0.5) is 0 Å². The number of benzene rings is 2. The van der Waals surface area contributed by atoms with Crippen molar-refractivity contribution in [3.8, 4) is 11.5 Å². The van der Waals surface area contributed by atoms with Crippen LogP contribution in [0.2, 0.25) is 0 Å². The summed E-state index contributed by atoms with van der Waals surface area (Å²) in [5.74, 6) is 0.419. The van der Waals surface area contributed by atoms with Gasteiger partial charge < -0.3 is 14.4 Å². The van der Waals surface area contributed by atoms with Gasteiger partial charge in [-0.15, -0.1) is 0 Å². The second-order valence-corrected chi connectivity index (χ2v) is 6.63. The van der Waals surface area contributed by atoms with Crippen LogP contribution in [0.3, 0.4) is 0 Å². The molecule has 0 bridgehead atoms. The van der Waals surface area contributed by atoms with Gasteiger partial charge in [-0.2, -0.15) is 5.10 Å². The van der Waals surface area contributed by atoms with Crippen molar-refractivity contribution in [1.82, 2.24) is 15.0 Å². The van der Waals surface area contributed by atoms with Gasteiger partial charge in [0, 0.05) is 7.05 Å². The maximum atomic E-state index is 12.0. The van der Waals surface area contributed by atoms with Crippen LogP contribution in [0.25, 0.3) is 11.0 Å². The molecule has 0 aliphatic heterocycles. The third-order valence-corrected chi connectivity index (χ3v) is 4.79. The van der Waals surface area contributed by atoms with Crippen molar-refractivity contribution in [1.29, 1.82) is 0 Å². The Kier molecular flexibility index (Phi) is 5.97. The second-order valence-electron chi connectivity index (χ2n) is 5.68. The minimum absolute atomic E-state index is 0.0666. The number of imidazole rings is 1. The normalized spacial score (nSPS) is 11.2. The monoisotopic (exact) mass is 384 g/mol. The first-order valence-corrected chi connectivity index (χ1v) is 9.39. The molecule has 0 radical (unpaired) electrons. The lowest BCUT2D eigenvalue weighted by atomic mass is 10.2. The molecule has 7 nitrogen and oxygen atoms in total. The highest BCUT2D eigenvalue weighted by molar-refractivity contribution is 7.99. The Morgan fingerprint density at radius 3 is 2.96 bits per heavy atom. The van der Waals surface area contributed by atoms with E-state index < -0.39 is 0 Å². The molecule has 0 atom stereocenters. The molecule has 0 aliphatic carbocycles. The fraction of sp³-hybridized carbons (Fsp3) is 0.211. The number of nitrogens with zero attached hydrogens (tertiary/aromatic N) is 3. The Hall–Kier alpha value is -3.00. The number of thioether (sulfide) groups is 1. The molecule has 3 rings (SSSR count). The van der Waals surface area contributed by atoms with Crippen LogP contribution < -0.4 is 10.2 Å². The summed E-state index contributed by atoms with van der Waals surface area (Å²) in [6.45, 7) is 2.28. The minimum Gasteiger partial charge on any atom is -0.504 e. The van der Waals surface area contributed by atoms with E-state index in [4.69, 9.17) is 4.74 Å². The number of rotatable bonds is 7. The van der Waals surface area contributed by atoms with Crippen molar-refractivity contribution in [3.05, 3.63) is 48.0 Å². The maximum absolute atomic E-state index is 12.0. The summed E-state index contributed by atoms with van der Waals surface area (Å²) in [7, 11) is 1.93. The van der Waals surface area contributed by atoms with E-state index in [9.17, 15) is 9.90 Å². The lowest BCUT2D eigenvalue weighted by Crippen LogP contribution is -2.19. The van der Waals surface area contributed by atoms with Crippen LogP contribution in [0.15, 0.2) is 52.7 Å². The number of nitrogens with one attached hydrogen (secondary N) is 1. The molecule has 1 aromatic heterocycles. The standard InChI is InChI=1S/C19H20N4O3S/c1-3-26-17-10-13(8-9-16(17)24)11-20-22-18(25)12-27-19-21-14-6-4-5-7-15(14)23(19)2/h4-11,24H,3,12H2,1-2H3,(H,22,25)/b20-11-. The van der Waals surface area contributed by atoms with Crippen molar-refractivity contribution in [2.75, 3.05) is 12.4 Å². The number of hydrazone groups is 1. The number of aryl methyl sites for hydroxylation is 1. The summed E-state index contributed by atoms with van der Waals surface area (Å²) in [6, 6.07) is 12.7. The molecule has 27 heavy (non-hydrogen) atoms. The second kappa shape index (κ2) is 8.59. The van der Waals surface area contributed by atoms with Gasteiger partial charge in [-0.25, -0.2) is 10.4 Å². The van der Waals surface area contributed by atoms with E-state index in [-0.39, 0.29) is 17.4 Å². The van der Waals surface area contributed by atoms with E-state index in [0.717, 1.165) is 16.2 Å². The van der Waals surface area contributed by atoms with Crippen molar-refractivity contribution in [2.45, 2.75) is 12.1 Å². The van der Waals surface area contributed by atoms with Crippen molar-refractivity contribution in [3.63, 3.8) is 0 Å². The summed E-state index contributed by atoms with van der Waals surface area (Å²) < 4.78 is 7.28. The molecule has 0 fully saturated rings. The average molecular weight is 384 g/mol. The molecular weight excluding hydrogens is 364 g/mol. The predicted molar refractivity (Wildman–Crippen MR) is 106 cm³/mol. The van der Waals surface area contributed by atoms with Crippen molar-refractivity contribution < 1.29 is 14.6 Å². The van der Waals surface area contributed by atoms with Gasteiger partial charge in [0.25, 0.3) is 5.91 Å². The molecule has 0 spiro atoms. The summed E-state index contributed by atoms with van der Waals surface area (Å²) in [5.41, 5.74) is 5.12. The predicted octanol–water partition coefficient (Wildman–Crippen LogP) is 2.92. The van der Waals surface area contributed by atoms with Crippen LogP contribution in [0.1, 0.15) is 12.5 Å². The molecule has 2 N–H and O–H groups in total. The van der Waals surface area contributed by atoms with Crippen LogP contribution in [-0.4, -0.2) is 39.1 Å². The smallest absolute Gasteiger partial charge is 0.250 e. The fourth-order valence-electron chi connectivity index (χ4n) is 2.48. The van der Waals surface area contributed by atoms with E-state index in [1.165, 1.54) is 24.0 Å². The molecular formula is C19H20N4O3S. The molecule has 1 amide bonds. The van der Waals surface area contributed by atoms with Crippen LogP contribution >= 0.6 is 11.8 Å². The summed E-state index contributed by atoms with van der Waals surface area (Å²) in [6.07, 6.45) is 1.50. The zero-order chi connectivity index (χ0) is 19.2. The number of amides is 1. The number of hydrogen-bond acceptors (Lipinski definition) is 6. The number of aromatic hydroxyl groups is 1. The van der Waals surface area contributed by atoms with Gasteiger partial charge in [0.15, 0.2) is 16.7 Å². The molecule has 1 heterocycles. The van der Waals surface area contributed by atoms with E-state index in [1.54, 1.807) is 12.1 Å². The lowest BCUT2D eigenvalue weighted by molar-refractivity contribution is -0.118. The fourth-order valence-corrected chi connectivity index (χ4v) is 3.26. The van der Waals surface area contributed by atoms with Gasteiger partial charge in [-0.3, -0.25) is 4.79 Å². The number of hydrogen-bond donors (Lipinski definition) is 2. The van der Waals surface area contributed by atoms with E-state index in [1.807, 2.05) is 42.8 Å². The highest BCUT2D eigenvalue weighted by Gasteiger charge is 2.10. The Bertz CT molecular complexity index is 984. The zero-order valence-corrected chi connectivity index (χ0v) is 15.9. The third-order valence-electron chi connectivity index (χ3n) is 3.77. The van der Waals surface area contributed by atoms with Gasteiger partial charge in [-0.05, 0) is 42.8 Å². The van der Waals surface area contributed by atoms with Gasteiger partial charge in [0.2, 0.25) is 0 Å². The Labute approximate surface area is 161 Å². The number of fused-ring (bicyclic) bond motifs is 1. The Morgan fingerprint density at radius 1 is 1.37 bits per heavy atom. The van der Waals surface area contributed by atoms with Gasteiger partial charge in [0.05, 0.1) is 29.6 Å². The molecule has 0 saturated carbocycles. The number of phenolic OH excluding ortho intramolecular Hbond substituents is 1. The SMILES string of the molecule is CCOc1cc(/C=N\NC(=O)CSc2nc3ccccc3n2C)ccc1O. The van der Waals surface area contributed by atoms with Gasteiger partial charge >= 0.3 is 0 Å². The zero-order valence-electron chi connectivity index (χ0n) is 15.0. The molecule has 140 valence electrons. The number of ether oxygens (including phenoxy) is 1. The van der Waals surface area contributed by atoms with E-state index >= 15 is 0 Å². The van der Waals surface area contributed by atoms with Gasteiger partial charge in [0.1, 0.15) is 0 Å². The number of para-hydroxylation sites is 2. The molecule has 0 saturated heterocycles. The van der Waals surface area contributed by atoms with Crippen LogP contribution in [-0.2, 0) is 11.8 Å². The first-order chi connectivity index (χ1) is 13.1. The van der Waals surface area contributed by atoms with E-state index in [0.29, 0.717) is 17.9 Å². The third kappa shape index (κ3) is 4.59. The summed E-state index contributed by atoms with van der Waals surface area (Å²) in [5, 5.41) is 14.4. The number of phenols is 1. The topological polar surface area (TPSA) is 88.7 Å². The van der Waals surface area contributed by atoms with E-state index in [2.05, 4.69) is 15.5 Å².